The fourth-order valence-electron chi connectivity index (χ4n) is 2.13. The van der Waals surface area contributed by atoms with Crippen molar-refractivity contribution in [2.45, 2.75) is 13.2 Å². The Bertz CT molecular complexity index is 777. The molecule has 4 aromatic rings. The Kier molecular flexibility index (Phi) is 5.64. The first-order chi connectivity index (χ1) is 11.9. The molecule has 0 spiro atoms. The maximum atomic E-state index is 5.61. The molecular weight excluding hydrogens is 300 g/mol. The number of hydrogen-bond acceptors (Lipinski definition) is 4. The van der Waals surface area contributed by atoms with Crippen molar-refractivity contribution in [3.8, 4) is 0 Å². The Morgan fingerprint density at radius 1 is 0.792 bits per heavy atom. The molecule has 1 N–H and O–H groups in total. The molecule has 0 radical (unpaired) electrons. The second kappa shape index (κ2) is 8.55. The molecule has 0 unspecified atom stereocenters. The summed E-state index contributed by atoms with van der Waals surface area (Å²) in [6.45, 7) is 1.35. The van der Waals surface area contributed by atoms with E-state index >= 15 is 0 Å². The number of ether oxygens (including phenoxy) is 1. The molecule has 0 atom stereocenters. The maximum absolute atomic E-state index is 5.61. The fourth-order valence-corrected chi connectivity index (χ4v) is 2.13. The third kappa shape index (κ3) is 4.72. The van der Waals surface area contributed by atoms with Crippen molar-refractivity contribution in [3.63, 3.8) is 0 Å². The lowest BCUT2D eigenvalue weighted by Crippen LogP contribution is -1.93. The summed E-state index contributed by atoms with van der Waals surface area (Å²) >= 11 is 0. The molecule has 0 amide bonds. The highest BCUT2D eigenvalue weighted by Gasteiger charge is 1.93. The molecule has 0 saturated heterocycles. The highest BCUT2D eigenvalue weighted by Crippen LogP contribution is 2.05. The van der Waals surface area contributed by atoms with E-state index < -0.39 is 0 Å². The summed E-state index contributed by atoms with van der Waals surface area (Å²) < 4.78 is 5.61. The standard InChI is InChI=1S/C14H14O.C5H4N4/c1-3-7-13(8-4-1)11-15-12-14-9-5-2-6-10-14;1-4-5(8-2-6-1)9-3-7-4/h1-10H,11-12H2;1-3H,(H,6,7,8,9). The van der Waals surface area contributed by atoms with Crippen LogP contribution in [0.25, 0.3) is 11.2 Å². The van der Waals surface area contributed by atoms with Crippen LogP contribution in [0.5, 0.6) is 0 Å². The van der Waals surface area contributed by atoms with Gasteiger partial charge in [-0.1, -0.05) is 60.7 Å². The monoisotopic (exact) mass is 318 g/mol. The van der Waals surface area contributed by atoms with E-state index in [9.17, 15) is 0 Å². The quantitative estimate of drug-likeness (QED) is 0.622. The molecule has 0 fully saturated rings. The number of aromatic nitrogens is 4. The van der Waals surface area contributed by atoms with Gasteiger partial charge in [-0.2, -0.15) is 0 Å². The zero-order valence-electron chi connectivity index (χ0n) is 13.2. The number of fused-ring (bicyclic) bond motifs is 1. The Morgan fingerprint density at radius 3 is 2.00 bits per heavy atom. The van der Waals surface area contributed by atoms with Crippen molar-refractivity contribution in [1.82, 2.24) is 19.9 Å². The third-order valence-corrected chi connectivity index (χ3v) is 3.32. The lowest BCUT2D eigenvalue weighted by Gasteiger charge is -2.03. The van der Waals surface area contributed by atoms with Crippen LogP contribution in [-0.2, 0) is 18.0 Å². The molecule has 120 valence electrons. The Labute approximate surface area is 140 Å². The van der Waals surface area contributed by atoms with Gasteiger partial charge in [0, 0.05) is 0 Å². The number of nitrogens with one attached hydrogen (secondary N) is 1. The molecule has 2 heterocycles. The van der Waals surface area contributed by atoms with Crippen LogP contribution < -0.4 is 0 Å². The molecule has 2 aromatic carbocycles. The number of aromatic amines is 1. The van der Waals surface area contributed by atoms with Crippen molar-refractivity contribution in [3.05, 3.63) is 90.6 Å². The lowest BCUT2D eigenvalue weighted by atomic mass is 10.2. The van der Waals surface area contributed by atoms with Crippen LogP contribution in [0.3, 0.4) is 0 Å². The average molecular weight is 318 g/mol. The molecule has 0 aliphatic heterocycles. The summed E-state index contributed by atoms with van der Waals surface area (Å²) in [7, 11) is 0. The normalized spacial score (nSPS) is 10.2. The van der Waals surface area contributed by atoms with E-state index in [4.69, 9.17) is 4.74 Å². The summed E-state index contributed by atoms with van der Waals surface area (Å²) in [5.74, 6) is 0. The van der Waals surface area contributed by atoms with Crippen molar-refractivity contribution in [2.24, 2.45) is 0 Å². The molecule has 4 rings (SSSR count). The van der Waals surface area contributed by atoms with Crippen LogP contribution in [-0.4, -0.2) is 19.9 Å². The minimum atomic E-state index is 0.676. The predicted molar refractivity (Wildman–Crippen MR) is 93.1 cm³/mol. The number of H-pyrrole nitrogens is 1. The summed E-state index contributed by atoms with van der Waals surface area (Å²) in [4.78, 5) is 14.5. The largest absolute Gasteiger partial charge is 0.372 e. The van der Waals surface area contributed by atoms with Gasteiger partial charge in [0.1, 0.15) is 11.8 Å². The smallest absolute Gasteiger partial charge is 0.160 e. The van der Waals surface area contributed by atoms with E-state index in [1.807, 2.05) is 36.4 Å². The minimum Gasteiger partial charge on any atom is -0.372 e. The Hall–Kier alpha value is -3.05. The van der Waals surface area contributed by atoms with Crippen molar-refractivity contribution in [2.75, 3.05) is 0 Å². The molecule has 5 heteroatoms. The van der Waals surface area contributed by atoms with E-state index in [0.717, 1.165) is 11.2 Å². The van der Waals surface area contributed by atoms with Crippen LogP contribution in [0.1, 0.15) is 11.1 Å². The molecule has 0 saturated carbocycles. The Morgan fingerprint density at radius 2 is 1.42 bits per heavy atom. The van der Waals surface area contributed by atoms with Gasteiger partial charge in [0.05, 0.1) is 25.7 Å². The molecule has 24 heavy (non-hydrogen) atoms. The zero-order chi connectivity index (χ0) is 16.5. The summed E-state index contributed by atoms with van der Waals surface area (Å²) in [5.41, 5.74) is 4.02. The molecule has 5 nitrogen and oxygen atoms in total. The van der Waals surface area contributed by atoms with E-state index in [-0.39, 0.29) is 0 Å². The molecular formula is C19H18N4O. The van der Waals surface area contributed by atoms with Crippen LogP contribution in [0.2, 0.25) is 0 Å². The molecule has 0 bridgehead atoms. The number of hydrogen-bond donors (Lipinski definition) is 1. The highest BCUT2D eigenvalue weighted by atomic mass is 16.5. The second-order valence-corrected chi connectivity index (χ2v) is 5.12. The molecule has 0 aliphatic carbocycles. The third-order valence-electron chi connectivity index (χ3n) is 3.32. The highest BCUT2D eigenvalue weighted by molar-refractivity contribution is 5.67. The van der Waals surface area contributed by atoms with Gasteiger partial charge in [-0.3, -0.25) is 0 Å². The van der Waals surface area contributed by atoms with Crippen LogP contribution in [0, 0.1) is 0 Å². The summed E-state index contributed by atoms with van der Waals surface area (Å²) in [6, 6.07) is 20.4. The molecule has 2 aromatic heterocycles. The first-order valence-electron chi connectivity index (χ1n) is 7.66. The van der Waals surface area contributed by atoms with Gasteiger partial charge in [0.2, 0.25) is 0 Å². The van der Waals surface area contributed by atoms with Crippen LogP contribution >= 0.6 is 0 Å². The van der Waals surface area contributed by atoms with E-state index in [0.29, 0.717) is 13.2 Å². The number of benzene rings is 2. The van der Waals surface area contributed by atoms with Gasteiger partial charge in [-0.25, -0.2) is 15.0 Å². The van der Waals surface area contributed by atoms with Crippen molar-refractivity contribution in [1.29, 1.82) is 0 Å². The fraction of sp³-hybridized carbons (Fsp3) is 0.105. The maximum Gasteiger partial charge on any atom is 0.160 e. The van der Waals surface area contributed by atoms with Crippen LogP contribution in [0.4, 0.5) is 0 Å². The summed E-state index contributed by atoms with van der Waals surface area (Å²) in [5, 5.41) is 0. The van der Waals surface area contributed by atoms with Gasteiger partial charge in [-0.05, 0) is 11.1 Å². The average Bonchev–Trinajstić information content (AvgIpc) is 3.13. The minimum absolute atomic E-state index is 0.676. The second-order valence-electron chi connectivity index (χ2n) is 5.12. The van der Waals surface area contributed by atoms with E-state index in [1.54, 1.807) is 12.5 Å². The zero-order valence-corrected chi connectivity index (χ0v) is 13.2. The van der Waals surface area contributed by atoms with E-state index in [2.05, 4.69) is 44.2 Å². The van der Waals surface area contributed by atoms with Gasteiger partial charge in [0.25, 0.3) is 0 Å². The van der Waals surface area contributed by atoms with Gasteiger partial charge in [-0.15, -0.1) is 0 Å². The SMILES string of the molecule is c1ccc(COCc2ccccc2)cc1.c1ncc2nc[nH]c2n1. The number of rotatable bonds is 4. The number of nitrogens with zero attached hydrogens (tertiary/aromatic N) is 3. The van der Waals surface area contributed by atoms with Crippen LogP contribution in [0.15, 0.2) is 79.5 Å². The first kappa shape index (κ1) is 15.8. The van der Waals surface area contributed by atoms with Gasteiger partial charge in [0.15, 0.2) is 5.65 Å². The van der Waals surface area contributed by atoms with Crippen molar-refractivity contribution >= 4 is 11.2 Å². The molecule has 0 aliphatic rings. The first-order valence-corrected chi connectivity index (χ1v) is 7.66. The van der Waals surface area contributed by atoms with E-state index in [1.165, 1.54) is 17.5 Å². The predicted octanol–water partition coefficient (Wildman–Crippen LogP) is 3.76. The lowest BCUT2D eigenvalue weighted by molar-refractivity contribution is 0.107. The summed E-state index contributed by atoms with van der Waals surface area (Å²) in [6.07, 6.45) is 4.75. The topological polar surface area (TPSA) is 63.7 Å². The van der Waals surface area contributed by atoms with Gasteiger partial charge < -0.3 is 9.72 Å². The van der Waals surface area contributed by atoms with Gasteiger partial charge >= 0.3 is 0 Å². The number of imidazole rings is 1. The Balaban J connectivity index is 0.000000159. The van der Waals surface area contributed by atoms with Crippen molar-refractivity contribution < 1.29 is 4.74 Å².